The Morgan fingerprint density at radius 3 is 1.94 bits per heavy atom. The van der Waals surface area contributed by atoms with Gasteiger partial charge >= 0.3 is 0 Å². The Labute approximate surface area is 199 Å². The summed E-state index contributed by atoms with van der Waals surface area (Å²) in [5.74, 6) is -0.777. The molecule has 0 saturated heterocycles. The summed E-state index contributed by atoms with van der Waals surface area (Å²) < 4.78 is 62.2. The van der Waals surface area contributed by atoms with Crippen molar-refractivity contribution in [3.63, 3.8) is 0 Å². The van der Waals surface area contributed by atoms with E-state index in [2.05, 4.69) is 5.32 Å². The zero-order valence-corrected chi connectivity index (χ0v) is 20.5. The number of rotatable bonds is 8. The van der Waals surface area contributed by atoms with Crippen LogP contribution in [0.2, 0.25) is 0 Å². The van der Waals surface area contributed by atoms with Crippen LogP contribution in [0.1, 0.15) is 34.5 Å². The fraction of sp³-hybridized carbons (Fsp3) is 0.208. The summed E-state index contributed by atoms with van der Waals surface area (Å²) in [7, 11) is -6.94. The normalized spacial score (nSPS) is 12.7. The molecule has 0 aromatic heterocycles. The first-order chi connectivity index (χ1) is 15.8. The van der Waals surface area contributed by atoms with Crippen molar-refractivity contribution in [1.82, 2.24) is 5.32 Å². The Morgan fingerprint density at radius 2 is 1.44 bits per heavy atom. The number of nitrogens with zero attached hydrogens (tertiary/aromatic N) is 1. The number of sulfonamides is 1. The molecule has 1 amide bonds. The number of amides is 1. The molecule has 3 aromatic rings. The van der Waals surface area contributed by atoms with Gasteiger partial charge in [0.15, 0.2) is 9.84 Å². The number of sulfone groups is 1. The van der Waals surface area contributed by atoms with E-state index in [4.69, 9.17) is 0 Å². The van der Waals surface area contributed by atoms with Gasteiger partial charge in [-0.2, -0.15) is 0 Å². The highest BCUT2D eigenvalue weighted by molar-refractivity contribution is 7.92. The summed E-state index contributed by atoms with van der Waals surface area (Å²) in [6.07, 6.45) is 2.20. The first-order valence-corrected chi connectivity index (χ1v) is 14.0. The fourth-order valence-electron chi connectivity index (χ4n) is 3.30. The molecule has 0 bridgehead atoms. The number of carbonyl (C=O) groups excluding carboxylic acids is 1. The predicted molar refractivity (Wildman–Crippen MR) is 129 cm³/mol. The van der Waals surface area contributed by atoms with Gasteiger partial charge in [0, 0.05) is 11.8 Å². The average Bonchev–Trinajstić information content (AvgIpc) is 2.77. The van der Waals surface area contributed by atoms with E-state index in [0.29, 0.717) is 16.8 Å². The third-order valence-electron chi connectivity index (χ3n) is 5.21. The predicted octanol–water partition coefficient (Wildman–Crippen LogP) is 3.69. The van der Waals surface area contributed by atoms with E-state index in [1.54, 1.807) is 19.1 Å². The number of carbonyl (C=O) groups is 1. The fourth-order valence-corrected chi connectivity index (χ4v) is 4.82. The summed E-state index contributed by atoms with van der Waals surface area (Å²) >= 11 is 0. The first-order valence-electron chi connectivity index (χ1n) is 10.3. The van der Waals surface area contributed by atoms with Gasteiger partial charge in [0.05, 0.1) is 29.4 Å². The average molecular weight is 505 g/mol. The van der Waals surface area contributed by atoms with Crippen LogP contribution >= 0.6 is 0 Å². The molecule has 0 radical (unpaired) electrons. The Balaban J connectivity index is 1.73. The number of nitrogens with one attached hydrogen (secondary N) is 1. The van der Waals surface area contributed by atoms with Crippen molar-refractivity contribution in [2.24, 2.45) is 0 Å². The highest BCUT2D eigenvalue weighted by Crippen LogP contribution is 2.22. The molecule has 0 aliphatic carbocycles. The second-order valence-electron chi connectivity index (χ2n) is 7.98. The van der Waals surface area contributed by atoms with Gasteiger partial charge in [-0.1, -0.05) is 24.3 Å². The van der Waals surface area contributed by atoms with Crippen LogP contribution in [0.15, 0.2) is 77.7 Å². The maximum absolute atomic E-state index is 13.2. The number of halogens is 1. The van der Waals surface area contributed by atoms with Gasteiger partial charge in [-0.25, -0.2) is 21.2 Å². The van der Waals surface area contributed by atoms with E-state index >= 15 is 0 Å². The topological polar surface area (TPSA) is 101 Å². The van der Waals surface area contributed by atoms with Crippen LogP contribution in [0.4, 0.5) is 10.1 Å². The Morgan fingerprint density at radius 1 is 0.882 bits per heavy atom. The highest BCUT2D eigenvalue weighted by Gasteiger charge is 2.19. The minimum Gasteiger partial charge on any atom is -0.346 e. The van der Waals surface area contributed by atoms with Crippen LogP contribution in [0.5, 0.6) is 0 Å². The summed E-state index contributed by atoms with van der Waals surface area (Å²) in [5, 5.41) is 2.84. The van der Waals surface area contributed by atoms with E-state index in [0.717, 1.165) is 18.1 Å². The maximum Gasteiger partial charge on any atom is 0.251 e. The molecule has 1 atom stereocenters. The SMILES string of the molecule is C[C@@H](NC(=O)c1ccc(N(Cc2ccc(F)cc2)S(C)(=O)=O)cc1)c1ccc(S(C)(=O)=O)cc1. The summed E-state index contributed by atoms with van der Waals surface area (Å²) in [6.45, 7) is 1.79. The van der Waals surface area contributed by atoms with Crippen LogP contribution in [0.3, 0.4) is 0 Å². The van der Waals surface area contributed by atoms with E-state index in [1.807, 2.05) is 0 Å². The monoisotopic (exact) mass is 504 g/mol. The molecule has 3 rings (SSSR count). The second-order valence-corrected chi connectivity index (χ2v) is 11.9. The number of hydrogen-bond donors (Lipinski definition) is 1. The van der Waals surface area contributed by atoms with Gasteiger partial charge in [0.1, 0.15) is 5.82 Å². The summed E-state index contributed by atoms with van der Waals surface area (Å²) in [4.78, 5) is 12.9. The number of benzene rings is 3. The molecule has 1 N–H and O–H groups in total. The standard InChI is InChI=1S/C24H25FN2O5S2/c1-17(19-8-14-23(15-9-19)33(2,29)30)26-24(28)20-6-12-22(13-7-20)27(34(3,31)32)16-18-4-10-21(25)11-5-18/h4-15,17H,16H2,1-3H3,(H,26,28)/t17-/m1/s1. The lowest BCUT2D eigenvalue weighted by atomic mass is 10.1. The van der Waals surface area contributed by atoms with Gasteiger partial charge in [0.2, 0.25) is 10.0 Å². The van der Waals surface area contributed by atoms with Gasteiger partial charge in [-0.15, -0.1) is 0 Å². The quantitative estimate of drug-likeness (QED) is 0.504. The molecule has 180 valence electrons. The number of hydrogen-bond acceptors (Lipinski definition) is 5. The second kappa shape index (κ2) is 9.94. The van der Waals surface area contributed by atoms with Crippen molar-refractivity contribution < 1.29 is 26.0 Å². The molecule has 0 saturated carbocycles. The van der Waals surface area contributed by atoms with Crippen molar-refractivity contribution in [1.29, 1.82) is 0 Å². The van der Waals surface area contributed by atoms with Gasteiger partial charge in [0.25, 0.3) is 5.91 Å². The van der Waals surface area contributed by atoms with Crippen molar-refractivity contribution >= 4 is 31.5 Å². The molecular formula is C24H25FN2O5S2. The van der Waals surface area contributed by atoms with Gasteiger partial charge in [-0.05, 0) is 66.6 Å². The Hall–Kier alpha value is -3.24. The highest BCUT2D eigenvalue weighted by atomic mass is 32.2. The van der Waals surface area contributed by atoms with Crippen molar-refractivity contribution in [3.05, 3.63) is 95.3 Å². The molecule has 0 aliphatic heterocycles. The van der Waals surface area contributed by atoms with E-state index < -0.39 is 25.7 Å². The van der Waals surface area contributed by atoms with Crippen LogP contribution in [0.25, 0.3) is 0 Å². The first kappa shape index (κ1) is 25.4. The molecular weight excluding hydrogens is 479 g/mol. The zero-order valence-electron chi connectivity index (χ0n) is 18.9. The molecule has 3 aromatic carbocycles. The molecule has 7 nitrogen and oxygen atoms in total. The molecule has 0 spiro atoms. The lowest BCUT2D eigenvalue weighted by molar-refractivity contribution is 0.0940. The van der Waals surface area contributed by atoms with E-state index in [9.17, 15) is 26.0 Å². The molecule has 0 aliphatic rings. The molecule has 0 heterocycles. The summed E-state index contributed by atoms with van der Waals surface area (Å²) in [5.41, 5.74) is 2.05. The maximum atomic E-state index is 13.2. The smallest absolute Gasteiger partial charge is 0.251 e. The third kappa shape index (κ3) is 6.42. The van der Waals surface area contributed by atoms with E-state index in [1.165, 1.54) is 65.0 Å². The molecule has 34 heavy (non-hydrogen) atoms. The molecule has 10 heteroatoms. The van der Waals surface area contributed by atoms with Crippen LogP contribution in [-0.2, 0) is 26.4 Å². The largest absolute Gasteiger partial charge is 0.346 e. The van der Waals surface area contributed by atoms with Crippen LogP contribution in [0, 0.1) is 5.82 Å². The van der Waals surface area contributed by atoms with Crippen molar-refractivity contribution in [2.45, 2.75) is 24.4 Å². The lowest BCUT2D eigenvalue weighted by Gasteiger charge is -2.23. The zero-order chi connectivity index (χ0) is 25.1. The van der Waals surface area contributed by atoms with Crippen molar-refractivity contribution in [2.75, 3.05) is 16.8 Å². The Kier molecular flexibility index (Phi) is 7.42. The van der Waals surface area contributed by atoms with Gasteiger partial charge in [-0.3, -0.25) is 9.10 Å². The lowest BCUT2D eigenvalue weighted by Crippen LogP contribution is -2.29. The van der Waals surface area contributed by atoms with Crippen LogP contribution in [-0.4, -0.2) is 35.3 Å². The Bertz CT molecular complexity index is 1370. The van der Waals surface area contributed by atoms with Gasteiger partial charge < -0.3 is 5.32 Å². The van der Waals surface area contributed by atoms with Crippen molar-refractivity contribution in [3.8, 4) is 0 Å². The molecule has 0 unspecified atom stereocenters. The van der Waals surface area contributed by atoms with E-state index in [-0.39, 0.29) is 23.4 Å². The minimum absolute atomic E-state index is 0.0190. The third-order valence-corrected chi connectivity index (χ3v) is 7.48. The number of anilines is 1. The minimum atomic E-state index is -3.63. The summed E-state index contributed by atoms with van der Waals surface area (Å²) in [6, 6.07) is 17.5. The molecule has 0 fully saturated rings. The van der Waals surface area contributed by atoms with Crippen LogP contribution < -0.4 is 9.62 Å².